The molecular formula is C14H16ClN3O2S. The number of rotatable bonds is 4. The Hall–Kier alpha value is -1.76. The molecule has 0 saturated carbocycles. The number of halogens is 1. The van der Waals surface area contributed by atoms with Crippen LogP contribution in [0, 0.1) is 0 Å². The predicted molar refractivity (Wildman–Crippen MR) is 85.7 cm³/mol. The zero-order valence-corrected chi connectivity index (χ0v) is 12.9. The van der Waals surface area contributed by atoms with Crippen LogP contribution in [-0.4, -0.2) is 8.42 Å². The highest BCUT2D eigenvalue weighted by atomic mass is 35.5. The van der Waals surface area contributed by atoms with Gasteiger partial charge in [0.05, 0.1) is 16.3 Å². The number of hydrogen-bond acceptors (Lipinski definition) is 4. The van der Waals surface area contributed by atoms with Gasteiger partial charge in [-0.1, -0.05) is 23.7 Å². The minimum absolute atomic E-state index is 0.0116. The van der Waals surface area contributed by atoms with E-state index in [1.165, 1.54) is 18.2 Å². The lowest BCUT2D eigenvalue weighted by atomic mass is 10.1. The van der Waals surface area contributed by atoms with Gasteiger partial charge in [-0.3, -0.25) is 0 Å². The highest BCUT2D eigenvalue weighted by Crippen LogP contribution is 2.27. The Balaban J connectivity index is 2.31. The number of hydrogen-bond donors (Lipinski definition) is 3. The van der Waals surface area contributed by atoms with Crippen LogP contribution in [0.25, 0.3) is 0 Å². The minimum Gasteiger partial charge on any atom is -0.397 e. The second-order valence-corrected chi connectivity index (χ2v) is 6.71. The second-order valence-electron chi connectivity index (χ2n) is 4.72. The van der Waals surface area contributed by atoms with Crippen molar-refractivity contribution in [2.45, 2.75) is 17.9 Å². The molecule has 1 unspecified atom stereocenters. The number of nitrogens with one attached hydrogen (secondary N) is 1. The minimum atomic E-state index is -3.77. The molecule has 0 aliphatic heterocycles. The standard InChI is InChI=1S/C14H16ClN3O2S/c1-9(10-3-2-4-11(15)7-10)18-14-8-12(21(17,19)20)5-6-13(14)16/h2-9,18H,16H2,1H3,(H2,17,19,20). The van der Waals surface area contributed by atoms with E-state index in [2.05, 4.69) is 5.32 Å². The maximum Gasteiger partial charge on any atom is 0.238 e. The zero-order valence-electron chi connectivity index (χ0n) is 11.4. The van der Waals surface area contributed by atoms with Crippen molar-refractivity contribution < 1.29 is 8.42 Å². The Labute approximate surface area is 129 Å². The van der Waals surface area contributed by atoms with Gasteiger partial charge in [0.1, 0.15) is 0 Å². The highest BCUT2D eigenvalue weighted by molar-refractivity contribution is 7.89. The topological polar surface area (TPSA) is 98.2 Å². The van der Waals surface area contributed by atoms with Crippen LogP contribution in [0.1, 0.15) is 18.5 Å². The highest BCUT2D eigenvalue weighted by Gasteiger charge is 2.13. The third kappa shape index (κ3) is 3.87. The molecule has 5 N–H and O–H groups in total. The monoisotopic (exact) mass is 325 g/mol. The first kappa shape index (κ1) is 15.6. The Morgan fingerprint density at radius 3 is 2.52 bits per heavy atom. The molecule has 0 amide bonds. The van der Waals surface area contributed by atoms with Crippen molar-refractivity contribution in [1.82, 2.24) is 0 Å². The average Bonchev–Trinajstić information content (AvgIpc) is 2.40. The Bertz CT molecular complexity index is 763. The summed E-state index contributed by atoms with van der Waals surface area (Å²) in [5, 5.41) is 8.92. The van der Waals surface area contributed by atoms with E-state index in [0.717, 1.165) is 5.56 Å². The van der Waals surface area contributed by atoms with Crippen LogP contribution in [0.4, 0.5) is 11.4 Å². The first-order valence-corrected chi connectivity index (χ1v) is 8.14. The van der Waals surface area contributed by atoms with E-state index in [-0.39, 0.29) is 10.9 Å². The van der Waals surface area contributed by atoms with Crippen molar-refractivity contribution in [3.63, 3.8) is 0 Å². The average molecular weight is 326 g/mol. The Kier molecular flexibility index (Phi) is 4.41. The maximum atomic E-state index is 11.4. The van der Waals surface area contributed by atoms with Crippen LogP contribution >= 0.6 is 11.6 Å². The molecule has 112 valence electrons. The summed E-state index contributed by atoms with van der Waals surface area (Å²) in [6.07, 6.45) is 0. The van der Waals surface area contributed by atoms with Crippen LogP contribution in [0.15, 0.2) is 47.4 Å². The SMILES string of the molecule is CC(Nc1cc(S(N)(=O)=O)ccc1N)c1cccc(Cl)c1. The molecule has 2 aromatic rings. The number of benzene rings is 2. The van der Waals surface area contributed by atoms with Crippen molar-refractivity contribution in [3.05, 3.63) is 53.1 Å². The third-order valence-corrected chi connectivity index (χ3v) is 4.22. The van der Waals surface area contributed by atoms with E-state index >= 15 is 0 Å². The van der Waals surface area contributed by atoms with Gasteiger partial charge in [0, 0.05) is 11.1 Å². The van der Waals surface area contributed by atoms with E-state index < -0.39 is 10.0 Å². The summed E-state index contributed by atoms with van der Waals surface area (Å²) in [6.45, 7) is 1.93. The molecule has 0 bridgehead atoms. The summed E-state index contributed by atoms with van der Waals surface area (Å²) >= 11 is 5.96. The smallest absolute Gasteiger partial charge is 0.238 e. The molecule has 0 aromatic heterocycles. The number of primary sulfonamides is 1. The lowest BCUT2D eigenvalue weighted by Gasteiger charge is -2.18. The van der Waals surface area contributed by atoms with Crippen molar-refractivity contribution in [2.75, 3.05) is 11.1 Å². The van der Waals surface area contributed by atoms with E-state index in [1.807, 2.05) is 25.1 Å². The molecule has 0 aliphatic rings. The molecular weight excluding hydrogens is 310 g/mol. The molecule has 0 fully saturated rings. The van der Waals surface area contributed by atoms with Gasteiger partial charge in [-0.2, -0.15) is 0 Å². The molecule has 7 heteroatoms. The summed E-state index contributed by atoms with van der Waals surface area (Å²) in [7, 11) is -3.77. The van der Waals surface area contributed by atoms with Crippen LogP contribution < -0.4 is 16.2 Å². The van der Waals surface area contributed by atoms with Crippen molar-refractivity contribution >= 4 is 33.0 Å². The Morgan fingerprint density at radius 2 is 1.90 bits per heavy atom. The number of sulfonamides is 1. The van der Waals surface area contributed by atoms with Crippen LogP contribution in [0.5, 0.6) is 0 Å². The second kappa shape index (κ2) is 5.93. The summed E-state index contributed by atoms with van der Waals surface area (Å²) in [6, 6.07) is 11.6. The first-order valence-electron chi connectivity index (χ1n) is 6.21. The molecule has 0 saturated heterocycles. The Morgan fingerprint density at radius 1 is 1.19 bits per heavy atom. The molecule has 2 aromatic carbocycles. The van der Waals surface area contributed by atoms with Gasteiger partial charge in [0.2, 0.25) is 10.0 Å². The van der Waals surface area contributed by atoms with Crippen LogP contribution in [0.3, 0.4) is 0 Å². The summed E-state index contributed by atoms with van der Waals surface area (Å²) in [5.41, 5.74) is 7.78. The van der Waals surface area contributed by atoms with Gasteiger partial charge in [0.25, 0.3) is 0 Å². The molecule has 0 radical (unpaired) electrons. The molecule has 2 rings (SSSR count). The van der Waals surface area contributed by atoms with Crippen molar-refractivity contribution in [3.8, 4) is 0 Å². The van der Waals surface area contributed by atoms with Gasteiger partial charge in [0.15, 0.2) is 0 Å². The molecule has 0 aliphatic carbocycles. The van der Waals surface area contributed by atoms with Gasteiger partial charge in [-0.15, -0.1) is 0 Å². The molecule has 0 heterocycles. The normalized spacial score (nSPS) is 12.9. The van der Waals surface area contributed by atoms with Gasteiger partial charge in [-0.05, 0) is 42.8 Å². The fourth-order valence-corrected chi connectivity index (χ4v) is 2.67. The van der Waals surface area contributed by atoms with E-state index in [1.54, 1.807) is 6.07 Å². The fourth-order valence-electron chi connectivity index (χ4n) is 1.93. The molecule has 1 atom stereocenters. The number of anilines is 2. The van der Waals surface area contributed by atoms with Gasteiger partial charge in [-0.25, -0.2) is 13.6 Å². The third-order valence-electron chi connectivity index (χ3n) is 3.07. The molecule has 5 nitrogen and oxygen atoms in total. The van der Waals surface area contributed by atoms with Crippen LogP contribution in [0.2, 0.25) is 5.02 Å². The van der Waals surface area contributed by atoms with Crippen LogP contribution in [-0.2, 0) is 10.0 Å². The lowest BCUT2D eigenvalue weighted by molar-refractivity contribution is 0.598. The van der Waals surface area contributed by atoms with Crippen molar-refractivity contribution in [2.24, 2.45) is 5.14 Å². The lowest BCUT2D eigenvalue weighted by Crippen LogP contribution is -2.14. The summed E-state index contributed by atoms with van der Waals surface area (Å²) in [4.78, 5) is 0.0116. The van der Waals surface area contributed by atoms with Gasteiger partial charge >= 0.3 is 0 Å². The van der Waals surface area contributed by atoms with E-state index in [0.29, 0.717) is 16.4 Å². The number of nitrogen functional groups attached to an aromatic ring is 1. The van der Waals surface area contributed by atoms with Gasteiger partial charge < -0.3 is 11.1 Å². The predicted octanol–water partition coefficient (Wildman–Crippen LogP) is 2.74. The first-order chi connectivity index (χ1) is 9.77. The van der Waals surface area contributed by atoms with Crippen molar-refractivity contribution in [1.29, 1.82) is 0 Å². The summed E-state index contributed by atoms with van der Waals surface area (Å²) in [5.74, 6) is 0. The largest absolute Gasteiger partial charge is 0.397 e. The number of nitrogens with two attached hydrogens (primary N) is 2. The van der Waals surface area contributed by atoms with E-state index in [9.17, 15) is 8.42 Å². The zero-order chi connectivity index (χ0) is 15.6. The molecule has 21 heavy (non-hydrogen) atoms. The summed E-state index contributed by atoms with van der Waals surface area (Å²) < 4.78 is 22.8. The maximum absolute atomic E-state index is 11.4. The van der Waals surface area contributed by atoms with E-state index in [4.69, 9.17) is 22.5 Å². The molecule has 0 spiro atoms. The fraction of sp³-hybridized carbons (Fsp3) is 0.143. The quantitative estimate of drug-likeness (QED) is 0.753.